The fourth-order valence-electron chi connectivity index (χ4n) is 0.902. The van der Waals surface area contributed by atoms with E-state index in [0.29, 0.717) is 0 Å². The summed E-state index contributed by atoms with van der Waals surface area (Å²) in [5.74, 6) is 0. The Balaban J connectivity index is 2.76. The molecule has 0 spiro atoms. The van der Waals surface area contributed by atoms with Crippen molar-refractivity contribution >= 4 is 39.5 Å². The second kappa shape index (κ2) is 5.07. The maximum Gasteiger partial charge on any atom is 0.184 e. The van der Waals surface area contributed by atoms with Crippen LogP contribution in [-0.2, 0) is 0 Å². The SMILES string of the molecule is Cc1ccc(/C=N/NC(N)=S)c(Br)c1. The normalized spacial score (nSPS) is 10.4. The second-order valence-corrected chi connectivity index (χ2v) is 4.05. The molecular weight excluding hydrogens is 262 g/mol. The zero-order valence-corrected chi connectivity index (χ0v) is 10.0. The van der Waals surface area contributed by atoms with E-state index in [4.69, 9.17) is 5.73 Å². The number of rotatable bonds is 2. The van der Waals surface area contributed by atoms with Gasteiger partial charge in [0.15, 0.2) is 5.11 Å². The second-order valence-electron chi connectivity index (χ2n) is 2.76. The predicted molar refractivity (Wildman–Crippen MR) is 66.4 cm³/mol. The van der Waals surface area contributed by atoms with Crippen LogP contribution in [0.3, 0.4) is 0 Å². The van der Waals surface area contributed by atoms with E-state index in [9.17, 15) is 0 Å². The lowest BCUT2D eigenvalue weighted by molar-refractivity contribution is 1.04. The van der Waals surface area contributed by atoms with Gasteiger partial charge in [-0.25, -0.2) is 0 Å². The molecule has 0 heterocycles. The van der Waals surface area contributed by atoms with Crippen LogP contribution in [0.1, 0.15) is 11.1 Å². The van der Waals surface area contributed by atoms with E-state index < -0.39 is 0 Å². The first-order chi connectivity index (χ1) is 6.59. The molecule has 14 heavy (non-hydrogen) atoms. The van der Waals surface area contributed by atoms with E-state index in [1.807, 2.05) is 25.1 Å². The lowest BCUT2D eigenvalue weighted by atomic mass is 10.2. The number of aryl methyl sites for hydroxylation is 1. The monoisotopic (exact) mass is 271 g/mol. The molecule has 0 atom stereocenters. The summed E-state index contributed by atoms with van der Waals surface area (Å²) in [4.78, 5) is 0. The van der Waals surface area contributed by atoms with Crippen LogP contribution in [0, 0.1) is 6.92 Å². The summed E-state index contributed by atoms with van der Waals surface area (Å²) in [5, 5.41) is 4.02. The van der Waals surface area contributed by atoms with Gasteiger partial charge in [0.25, 0.3) is 0 Å². The Morgan fingerprint density at radius 2 is 2.36 bits per heavy atom. The maximum absolute atomic E-state index is 5.21. The van der Waals surface area contributed by atoms with E-state index in [1.54, 1.807) is 6.21 Å². The number of benzene rings is 1. The fourth-order valence-corrected chi connectivity index (χ4v) is 1.55. The average Bonchev–Trinajstić information content (AvgIpc) is 2.08. The van der Waals surface area contributed by atoms with Crippen molar-refractivity contribution in [2.24, 2.45) is 10.8 Å². The number of nitrogens with one attached hydrogen (secondary N) is 1. The van der Waals surface area contributed by atoms with Crippen molar-refractivity contribution in [1.82, 2.24) is 5.43 Å². The molecule has 5 heteroatoms. The van der Waals surface area contributed by atoms with E-state index >= 15 is 0 Å². The van der Waals surface area contributed by atoms with E-state index in [1.165, 1.54) is 5.56 Å². The van der Waals surface area contributed by atoms with Crippen molar-refractivity contribution in [3.63, 3.8) is 0 Å². The molecule has 0 saturated carbocycles. The summed E-state index contributed by atoms with van der Waals surface area (Å²) in [5.41, 5.74) is 9.87. The van der Waals surface area contributed by atoms with Crippen LogP contribution in [0.15, 0.2) is 27.8 Å². The maximum atomic E-state index is 5.21. The van der Waals surface area contributed by atoms with Gasteiger partial charge in [-0.3, -0.25) is 5.43 Å². The Morgan fingerprint density at radius 3 is 2.93 bits per heavy atom. The quantitative estimate of drug-likeness (QED) is 0.491. The van der Waals surface area contributed by atoms with Crippen LogP contribution in [0.2, 0.25) is 0 Å². The molecule has 0 fully saturated rings. The van der Waals surface area contributed by atoms with Crippen LogP contribution in [-0.4, -0.2) is 11.3 Å². The zero-order chi connectivity index (χ0) is 10.6. The first kappa shape index (κ1) is 11.1. The van der Waals surface area contributed by atoms with Crippen LogP contribution >= 0.6 is 28.1 Å². The molecule has 3 nitrogen and oxygen atoms in total. The molecule has 0 saturated heterocycles. The van der Waals surface area contributed by atoms with Gasteiger partial charge in [-0.05, 0) is 30.8 Å². The first-order valence-electron chi connectivity index (χ1n) is 3.94. The Bertz CT molecular complexity index is 376. The summed E-state index contributed by atoms with van der Waals surface area (Å²) in [6.07, 6.45) is 1.66. The van der Waals surface area contributed by atoms with Crippen molar-refractivity contribution in [3.8, 4) is 0 Å². The predicted octanol–water partition coefficient (Wildman–Crippen LogP) is 1.92. The number of hydrogen-bond donors (Lipinski definition) is 2. The molecule has 1 aromatic carbocycles. The Kier molecular flexibility index (Phi) is 4.03. The first-order valence-corrected chi connectivity index (χ1v) is 5.14. The third-order valence-corrected chi connectivity index (χ3v) is 2.31. The molecule has 0 aliphatic heterocycles. The molecule has 0 aromatic heterocycles. The lowest BCUT2D eigenvalue weighted by Crippen LogP contribution is -2.24. The number of nitrogens with two attached hydrogens (primary N) is 1. The van der Waals surface area contributed by atoms with Crippen molar-refractivity contribution in [3.05, 3.63) is 33.8 Å². The Hall–Kier alpha value is -0.940. The van der Waals surface area contributed by atoms with Crippen LogP contribution in [0.4, 0.5) is 0 Å². The number of nitrogens with zero attached hydrogens (tertiary/aromatic N) is 1. The number of halogens is 1. The molecule has 1 aromatic rings. The highest BCUT2D eigenvalue weighted by Gasteiger charge is 1.95. The minimum Gasteiger partial charge on any atom is -0.375 e. The van der Waals surface area contributed by atoms with Gasteiger partial charge in [0.1, 0.15) is 0 Å². The van der Waals surface area contributed by atoms with Crippen molar-refractivity contribution in [2.75, 3.05) is 0 Å². The molecule has 1 rings (SSSR count). The molecule has 0 radical (unpaired) electrons. The van der Waals surface area contributed by atoms with Gasteiger partial charge < -0.3 is 5.73 Å². The third-order valence-electron chi connectivity index (χ3n) is 1.53. The largest absolute Gasteiger partial charge is 0.375 e. The molecule has 0 aliphatic rings. The Morgan fingerprint density at radius 1 is 1.64 bits per heavy atom. The van der Waals surface area contributed by atoms with Gasteiger partial charge in [0.05, 0.1) is 6.21 Å². The van der Waals surface area contributed by atoms with E-state index in [0.717, 1.165) is 10.0 Å². The highest BCUT2D eigenvalue weighted by atomic mass is 79.9. The summed E-state index contributed by atoms with van der Waals surface area (Å²) in [6.45, 7) is 2.03. The molecule has 0 bridgehead atoms. The molecule has 74 valence electrons. The summed E-state index contributed by atoms with van der Waals surface area (Å²) in [6, 6.07) is 5.99. The number of hydrazone groups is 1. The molecule has 0 aliphatic carbocycles. The fraction of sp³-hybridized carbons (Fsp3) is 0.111. The molecule has 0 amide bonds. The van der Waals surface area contributed by atoms with Gasteiger partial charge >= 0.3 is 0 Å². The van der Waals surface area contributed by atoms with Crippen molar-refractivity contribution < 1.29 is 0 Å². The highest BCUT2D eigenvalue weighted by Crippen LogP contribution is 2.16. The van der Waals surface area contributed by atoms with Gasteiger partial charge in [-0.1, -0.05) is 28.1 Å². The number of hydrogen-bond acceptors (Lipinski definition) is 2. The zero-order valence-electron chi connectivity index (χ0n) is 7.62. The van der Waals surface area contributed by atoms with Gasteiger partial charge in [0.2, 0.25) is 0 Å². The average molecular weight is 272 g/mol. The number of thiocarbonyl (C=S) groups is 1. The Labute approximate surface area is 96.5 Å². The standard InChI is InChI=1S/C9H10BrN3S/c1-6-2-3-7(8(10)4-6)5-12-13-9(11)14/h2-5H,1H3,(H3,11,13,14)/b12-5+. The van der Waals surface area contributed by atoms with E-state index in [2.05, 4.69) is 38.7 Å². The highest BCUT2D eigenvalue weighted by molar-refractivity contribution is 9.10. The van der Waals surface area contributed by atoms with Gasteiger partial charge in [-0.15, -0.1) is 0 Å². The third kappa shape index (κ3) is 3.43. The van der Waals surface area contributed by atoms with Crippen LogP contribution in [0.25, 0.3) is 0 Å². The van der Waals surface area contributed by atoms with Crippen molar-refractivity contribution in [1.29, 1.82) is 0 Å². The molecule has 0 unspecified atom stereocenters. The summed E-state index contributed by atoms with van der Waals surface area (Å²) < 4.78 is 0.992. The van der Waals surface area contributed by atoms with Crippen molar-refractivity contribution in [2.45, 2.75) is 6.92 Å². The molecule has 3 N–H and O–H groups in total. The summed E-state index contributed by atoms with van der Waals surface area (Å²) in [7, 11) is 0. The van der Waals surface area contributed by atoms with Gasteiger partial charge in [0, 0.05) is 10.0 Å². The van der Waals surface area contributed by atoms with Crippen LogP contribution < -0.4 is 11.2 Å². The molecular formula is C9H10BrN3S. The minimum atomic E-state index is 0.157. The van der Waals surface area contributed by atoms with Gasteiger partial charge in [-0.2, -0.15) is 5.10 Å². The minimum absolute atomic E-state index is 0.157. The van der Waals surface area contributed by atoms with E-state index in [-0.39, 0.29) is 5.11 Å². The van der Waals surface area contributed by atoms with Crippen LogP contribution in [0.5, 0.6) is 0 Å². The summed E-state index contributed by atoms with van der Waals surface area (Å²) >= 11 is 8.04. The topological polar surface area (TPSA) is 50.4 Å². The lowest BCUT2D eigenvalue weighted by Gasteiger charge is -1.99. The smallest absolute Gasteiger partial charge is 0.184 e.